The second-order valence-corrected chi connectivity index (χ2v) is 7.99. The highest BCUT2D eigenvalue weighted by Crippen LogP contribution is 2.37. The van der Waals surface area contributed by atoms with Gasteiger partial charge >= 0.3 is 5.97 Å². The average Bonchev–Trinajstić information content (AvgIpc) is 2.55. The Morgan fingerprint density at radius 1 is 1.08 bits per heavy atom. The highest BCUT2D eigenvalue weighted by Gasteiger charge is 2.16. The molecule has 0 amide bonds. The predicted octanol–water partition coefficient (Wildman–Crippen LogP) is 4.04. The molecule has 0 saturated carbocycles. The Labute approximate surface area is 154 Å². The molecule has 0 aliphatic carbocycles. The van der Waals surface area contributed by atoms with Gasteiger partial charge in [0.2, 0.25) is 0 Å². The number of hydrogen-bond donors (Lipinski definition) is 1. The Hall–Kier alpha value is -1.96. The molecule has 9 heteroatoms. The smallest absolute Gasteiger partial charge is 0.341 e. The highest BCUT2D eigenvalue weighted by atomic mass is 35.5. The normalized spacial score (nSPS) is 11.2. The number of ether oxygens (including phenoxy) is 2. The van der Waals surface area contributed by atoms with Crippen LogP contribution in [0.3, 0.4) is 0 Å². The molecule has 25 heavy (non-hydrogen) atoms. The third kappa shape index (κ3) is 5.01. The van der Waals surface area contributed by atoms with Crippen molar-refractivity contribution in [2.24, 2.45) is 0 Å². The minimum atomic E-state index is -3.39. The first kappa shape index (κ1) is 19.4. The lowest BCUT2D eigenvalue weighted by Crippen LogP contribution is -2.10. The van der Waals surface area contributed by atoms with Gasteiger partial charge in [0.25, 0.3) is 0 Å². The first-order valence-corrected chi connectivity index (χ1v) is 9.48. The Kier molecular flexibility index (Phi) is 6.16. The maximum Gasteiger partial charge on any atom is 0.341 e. The molecule has 0 radical (unpaired) electrons. The Morgan fingerprint density at radius 2 is 1.76 bits per heavy atom. The molecule has 0 saturated heterocycles. The van der Waals surface area contributed by atoms with Crippen LogP contribution in [-0.2, 0) is 14.6 Å². The van der Waals surface area contributed by atoms with Gasteiger partial charge in [-0.05, 0) is 30.3 Å². The van der Waals surface area contributed by atoms with E-state index in [9.17, 15) is 13.2 Å². The van der Waals surface area contributed by atoms with Crippen LogP contribution < -0.4 is 9.47 Å². The number of benzene rings is 2. The van der Waals surface area contributed by atoms with Crippen molar-refractivity contribution >= 4 is 39.0 Å². The number of carboxylic acid groups (broad SMARTS) is 1. The van der Waals surface area contributed by atoms with Crippen LogP contribution in [0.5, 0.6) is 17.2 Å². The molecule has 1 N–H and O–H groups in total. The lowest BCUT2D eigenvalue weighted by molar-refractivity contribution is -0.139. The number of aliphatic carboxylic acids is 1. The van der Waals surface area contributed by atoms with Crippen LogP contribution in [0, 0.1) is 0 Å². The second kappa shape index (κ2) is 7.95. The SMILES string of the molecule is CCS(=O)(=O)c1ccc(Oc2cc(Cl)ccc2OCC(=O)O)c(Cl)c1. The van der Waals surface area contributed by atoms with Crippen molar-refractivity contribution in [1.29, 1.82) is 0 Å². The molecular formula is C16H14Cl2O6S. The van der Waals surface area contributed by atoms with Gasteiger partial charge in [-0.25, -0.2) is 13.2 Å². The van der Waals surface area contributed by atoms with Gasteiger partial charge in [0.1, 0.15) is 5.75 Å². The molecule has 0 spiro atoms. The van der Waals surface area contributed by atoms with Crippen LogP contribution in [0.1, 0.15) is 6.92 Å². The van der Waals surface area contributed by atoms with Crippen molar-refractivity contribution in [2.75, 3.05) is 12.4 Å². The standard InChI is InChI=1S/C16H14Cl2O6S/c1-2-25(21,22)11-4-6-13(12(18)8-11)24-15-7-10(17)3-5-14(15)23-9-16(19)20/h3-8H,2,9H2,1H3,(H,19,20). The average molecular weight is 405 g/mol. The fourth-order valence-corrected chi connectivity index (χ4v) is 3.22. The van der Waals surface area contributed by atoms with Gasteiger partial charge in [0.15, 0.2) is 27.9 Å². The molecule has 2 rings (SSSR count). The lowest BCUT2D eigenvalue weighted by Gasteiger charge is -2.13. The lowest BCUT2D eigenvalue weighted by atomic mass is 10.3. The summed E-state index contributed by atoms with van der Waals surface area (Å²) in [6, 6.07) is 8.49. The number of rotatable bonds is 7. The zero-order valence-electron chi connectivity index (χ0n) is 13.0. The van der Waals surface area contributed by atoms with Gasteiger partial charge < -0.3 is 14.6 Å². The van der Waals surface area contributed by atoms with E-state index < -0.39 is 22.4 Å². The molecule has 2 aromatic rings. The summed E-state index contributed by atoms with van der Waals surface area (Å²) in [7, 11) is -3.39. The van der Waals surface area contributed by atoms with Crippen LogP contribution in [0.15, 0.2) is 41.3 Å². The van der Waals surface area contributed by atoms with Crippen LogP contribution in [-0.4, -0.2) is 31.9 Å². The largest absolute Gasteiger partial charge is 0.479 e. The summed E-state index contributed by atoms with van der Waals surface area (Å²) in [6.45, 7) is 0.977. The van der Waals surface area contributed by atoms with Crippen molar-refractivity contribution in [1.82, 2.24) is 0 Å². The van der Waals surface area contributed by atoms with Gasteiger partial charge in [-0.3, -0.25) is 0 Å². The molecule has 0 atom stereocenters. The van der Waals surface area contributed by atoms with Crippen molar-refractivity contribution in [3.8, 4) is 17.2 Å². The minimum Gasteiger partial charge on any atom is -0.479 e. The number of carbonyl (C=O) groups is 1. The van der Waals surface area contributed by atoms with E-state index in [1.165, 1.54) is 43.3 Å². The number of sulfone groups is 1. The van der Waals surface area contributed by atoms with Gasteiger partial charge in [-0.2, -0.15) is 0 Å². The van der Waals surface area contributed by atoms with E-state index in [0.717, 1.165) is 0 Å². The van der Waals surface area contributed by atoms with E-state index in [-0.39, 0.29) is 32.9 Å². The monoisotopic (exact) mass is 404 g/mol. The van der Waals surface area contributed by atoms with Crippen molar-refractivity contribution in [3.05, 3.63) is 46.4 Å². The molecule has 0 bridgehead atoms. The molecule has 2 aromatic carbocycles. The molecule has 0 unspecified atom stereocenters. The highest BCUT2D eigenvalue weighted by molar-refractivity contribution is 7.91. The van der Waals surface area contributed by atoms with Gasteiger partial charge in [0.05, 0.1) is 15.7 Å². The van der Waals surface area contributed by atoms with E-state index in [1.54, 1.807) is 0 Å². The van der Waals surface area contributed by atoms with Gasteiger partial charge in [0, 0.05) is 11.1 Å². The van der Waals surface area contributed by atoms with Crippen molar-refractivity contribution < 1.29 is 27.8 Å². The Morgan fingerprint density at radius 3 is 2.36 bits per heavy atom. The number of hydrogen-bond acceptors (Lipinski definition) is 5. The van der Waals surface area contributed by atoms with Crippen LogP contribution in [0.2, 0.25) is 10.0 Å². The summed E-state index contributed by atoms with van der Waals surface area (Å²) >= 11 is 12.0. The zero-order chi connectivity index (χ0) is 18.6. The summed E-state index contributed by atoms with van der Waals surface area (Å²) in [5.41, 5.74) is 0. The molecule has 0 aliphatic rings. The topological polar surface area (TPSA) is 89.9 Å². The van der Waals surface area contributed by atoms with E-state index in [1.807, 2.05) is 0 Å². The van der Waals surface area contributed by atoms with Crippen LogP contribution in [0.25, 0.3) is 0 Å². The Bertz CT molecular complexity index is 895. The van der Waals surface area contributed by atoms with Gasteiger partial charge in [-0.1, -0.05) is 30.1 Å². The maximum absolute atomic E-state index is 11.9. The maximum atomic E-state index is 11.9. The fourth-order valence-electron chi connectivity index (χ4n) is 1.86. The summed E-state index contributed by atoms with van der Waals surface area (Å²) in [6.07, 6.45) is 0. The second-order valence-electron chi connectivity index (χ2n) is 4.87. The molecule has 0 fully saturated rings. The quantitative estimate of drug-likeness (QED) is 0.748. The zero-order valence-corrected chi connectivity index (χ0v) is 15.4. The van der Waals surface area contributed by atoms with Crippen LogP contribution >= 0.6 is 23.2 Å². The summed E-state index contributed by atoms with van der Waals surface area (Å²) in [4.78, 5) is 10.7. The van der Waals surface area contributed by atoms with Crippen LogP contribution in [0.4, 0.5) is 0 Å². The first-order valence-electron chi connectivity index (χ1n) is 7.07. The summed E-state index contributed by atoms with van der Waals surface area (Å²) < 4.78 is 34.5. The first-order chi connectivity index (χ1) is 11.7. The van der Waals surface area contributed by atoms with Crippen molar-refractivity contribution in [3.63, 3.8) is 0 Å². The molecule has 0 aliphatic heterocycles. The third-order valence-electron chi connectivity index (χ3n) is 3.12. The third-order valence-corrected chi connectivity index (χ3v) is 5.38. The van der Waals surface area contributed by atoms with E-state index in [4.69, 9.17) is 37.8 Å². The minimum absolute atomic E-state index is 0.0506. The van der Waals surface area contributed by atoms with Crippen molar-refractivity contribution in [2.45, 2.75) is 11.8 Å². The molecule has 0 aromatic heterocycles. The van der Waals surface area contributed by atoms with E-state index >= 15 is 0 Å². The Balaban J connectivity index is 2.33. The molecular weight excluding hydrogens is 391 g/mol. The van der Waals surface area contributed by atoms with Gasteiger partial charge in [-0.15, -0.1) is 0 Å². The van der Waals surface area contributed by atoms with E-state index in [0.29, 0.717) is 5.02 Å². The number of carboxylic acids is 1. The molecule has 134 valence electrons. The van der Waals surface area contributed by atoms with E-state index in [2.05, 4.69) is 0 Å². The summed E-state index contributed by atoms with van der Waals surface area (Å²) in [5, 5.41) is 9.14. The summed E-state index contributed by atoms with van der Waals surface area (Å²) in [5.74, 6) is -0.701. The predicted molar refractivity (Wildman–Crippen MR) is 93.8 cm³/mol. The fraction of sp³-hybridized carbons (Fsp3) is 0.188. The molecule has 0 heterocycles. The number of halogens is 2. The molecule has 6 nitrogen and oxygen atoms in total.